The molecule has 10 nitrogen and oxygen atoms in total. The zero-order chi connectivity index (χ0) is 80.8. The third kappa shape index (κ3) is 9.43. The van der Waals surface area contributed by atoms with E-state index in [1.165, 1.54) is 12.1 Å². The Labute approximate surface area is 678 Å². The Morgan fingerprint density at radius 3 is 1.06 bits per heavy atom. The Hall–Kier alpha value is -15.5. The van der Waals surface area contributed by atoms with E-state index in [4.69, 9.17) is 0 Å². The van der Waals surface area contributed by atoms with Crippen LogP contribution in [0.25, 0.3) is 219 Å². The average molecular weight is 1570 g/mol. The standard InChI is InChI=1S/C104H62F6N10/c1-113-82-32-12-9-29-74(82)95-89(113)46-43-68-64-25-5-14-34-85(64)117(97(68)95)91-53-79(103(105,106)107)93(51-76(91)61-22-18-20-58(48-61)55-111)119-87-36-16-6-26-65(87)69-44-47-90-96(98(69)119)75-30-10-13-33-84(75)116(90)57-60-38-45-83-78(50-60)73-42-41-72-67-28-8-17-37-88(67)120(102(72)100(73)115(83)3)94-52-77(62-23-19-21-59(49-62)56-112)92(54-80(94)104(108,109)110)118-86-35-15-7-27-66(86)71-40-39-70-63-24-4-11-31-81(63)114(2)99(70)101(71)118/h4-54H,57H2,1-3H3. The lowest BCUT2D eigenvalue weighted by molar-refractivity contribution is -0.138. The summed E-state index contributed by atoms with van der Waals surface area (Å²) in [5.41, 5.74) is 14.5. The summed E-state index contributed by atoms with van der Waals surface area (Å²) in [6.07, 6.45) is -9.85. The summed E-state index contributed by atoms with van der Waals surface area (Å²) in [7, 11) is 5.98. The summed E-state index contributed by atoms with van der Waals surface area (Å²) in [4.78, 5) is 0. The summed E-state index contributed by atoms with van der Waals surface area (Å²) in [6.45, 7) is 0.310. The van der Waals surface area contributed by atoms with Crippen molar-refractivity contribution in [3.8, 4) is 57.1 Å². The normalized spacial score (nSPS) is 12.6. The number of para-hydroxylation sites is 7. The van der Waals surface area contributed by atoms with E-state index in [1.54, 1.807) is 57.7 Å². The van der Waals surface area contributed by atoms with Crippen molar-refractivity contribution < 1.29 is 26.3 Å². The maximum absolute atomic E-state index is 17.3. The van der Waals surface area contributed by atoms with Gasteiger partial charge in [0.1, 0.15) is 0 Å². The summed E-state index contributed by atoms with van der Waals surface area (Å²) in [5, 5.41) is 34.7. The molecule has 16 aromatic carbocycles. The molecule has 0 aliphatic carbocycles. The highest BCUT2D eigenvalue weighted by molar-refractivity contribution is 6.29. The summed E-state index contributed by atoms with van der Waals surface area (Å²) >= 11 is 0. The molecule has 120 heavy (non-hydrogen) atoms. The van der Waals surface area contributed by atoms with Gasteiger partial charge in [0.05, 0.1) is 123 Å². The van der Waals surface area contributed by atoms with Crippen LogP contribution in [-0.4, -0.2) is 36.5 Å². The maximum atomic E-state index is 17.3. The number of nitrogens with zero attached hydrogens (tertiary/aromatic N) is 10. The number of benzene rings is 16. The van der Waals surface area contributed by atoms with Crippen molar-refractivity contribution in [1.82, 2.24) is 36.5 Å². The molecule has 0 unspecified atom stereocenters. The van der Waals surface area contributed by atoms with Crippen LogP contribution in [0.2, 0.25) is 0 Å². The second-order valence-corrected chi connectivity index (χ2v) is 31.7. The molecule has 0 saturated heterocycles. The Kier molecular flexibility index (Phi) is 14.2. The minimum atomic E-state index is -4.93. The molecule has 0 amide bonds. The molecule has 8 heterocycles. The second kappa shape index (κ2) is 24.8. The molecule has 24 aromatic rings. The van der Waals surface area contributed by atoms with Crippen LogP contribution in [0.5, 0.6) is 0 Å². The molecule has 16 heteroatoms. The van der Waals surface area contributed by atoms with Crippen LogP contribution in [-0.2, 0) is 40.0 Å². The van der Waals surface area contributed by atoms with E-state index < -0.39 is 23.5 Å². The fourth-order valence-corrected chi connectivity index (χ4v) is 20.6. The van der Waals surface area contributed by atoms with Crippen LogP contribution in [0, 0.1) is 22.7 Å². The van der Waals surface area contributed by atoms with Crippen molar-refractivity contribution in [3.63, 3.8) is 0 Å². The molecule has 0 bridgehead atoms. The topological polar surface area (TPSA) is 87.0 Å². The van der Waals surface area contributed by atoms with Crippen LogP contribution in [0.1, 0.15) is 27.8 Å². The van der Waals surface area contributed by atoms with Crippen molar-refractivity contribution >= 4 is 174 Å². The summed E-state index contributed by atoms with van der Waals surface area (Å²) < 4.78 is 120. The molecule has 24 rings (SSSR count). The third-order valence-electron chi connectivity index (χ3n) is 25.6. The van der Waals surface area contributed by atoms with Crippen LogP contribution in [0.15, 0.2) is 309 Å². The highest BCUT2D eigenvalue weighted by Crippen LogP contribution is 2.53. The Balaban J connectivity index is 0.719. The minimum absolute atomic E-state index is 0.0932. The van der Waals surface area contributed by atoms with Gasteiger partial charge in [0.25, 0.3) is 0 Å². The van der Waals surface area contributed by atoms with E-state index in [-0.39, 0.29) is 17.1 Å². The number of halogens is 6. The Morgan fingerprint density at radius 2 is 0.592 bits per heavy atom. The average Bonchev–Trinajstić information content (AvgIpc) is 1.54. The van der Waals surface area contributed by atoms with Gasteiger partial charge in [0, 0.05) is 147 Å². The van der Waals surface area contributed by atoms with Crippen LogP contribution in [0.3, 0.4) is 0 Å². The number of hydrogen-bond acceptors (Lipinski definition) is 2. The molecule has 0 atom stereocenters. The van der Waals surface area contributed by atoms with Crippen molar-refractivity contribution in [2.75, 3.05) is 0 Å². The van der Waals surface area contributed by atoms with Crippen molar-refractivity contribution in [2.45, 2.75) is 18.9 Å². The fourth-order valence-electron chi connectivity index (χ4n) is 20.6. The smallest absolute Gasteiger partial charge is 0.344 e. The van der Waals surface area contributed by atoms with Crippen molar-refractivity contribution in [2.24, 2.45) is 21.1 Å². The lowest BCUT2D eigenvalue weighted by atomic mass is 9.97. The van der Waals surface area contributed by atoms with Crippen LogP contribution < -0.4 is 0 Å². The maximum Gasteiger partial charge on any atom is 0.418 e. The summed E-state index contributed by atoms with van der Waals surface area (Å²) in [5.74, 6) is 0. The van der Waals surface area contributed by atoms with Gasteiger partial charge in [-0.15, -0.1) is 0 Å². The molecule has 8 aromatic heterocycles. The van der Waals surface area contributed by atoms with Gasteiger partial charge >= 0.3 is 12.4 Å². The van der Waals surface area contributed by atoms with Crippen molar-refractivity contribution in [1.29, 1.82) is 10.5 Å². The third-order valence-corrected chi connectivity index (χ3v) is 25.6. The zero-order valence-corrected chi connectivity index (χ0v) is 64.4. The highest BCUT2D eigenvalue weighted by Gasteiger charge is 2.40. The monoisotopic (exact) mass is 1560 g/mol. The van der Waals surface area contributed by atoms with Gasteiger partial charge in [-0.2, -0.15) is 36.9 Å². The van der Waals surface area contributed by atoms with E-state index in [1.807, 2.05) is 194 Å². The summed E-state index contributed by atoms with van der Waals surface area (Å²) in [6, 6.07) is 103. The molecule has 0 radical (unpaired) electrons. The molecular weight excluding hydrogens is 1500 g/mol. The van der Waals surface area contributed by atoms with E-state index in [0.29, 0.717) is 78.7 Å². The van der Waals surface area contributed by atoms with E-state index in [2.05, 4.69) is 115 Å². The van der Waals surface area contributed by atoms with E-state index >= 15 is 26.3 Å². The van der Waals surface area contributed by atoms with Gasteiger partial charge in [-0.1, -0.05) is 194 Å². The fraction of sp³-hybridized carbons (Fsp3) is 0.0577. The molecule has 0 aliphatic rings. The minimum Gasteiger partial charge on any atom is -0.344 e. The number of hydrogen-bond donors (Lipinski definition) is 0. The number of nitriles is 2. The van der Waals surface area contributed by atoms with Crippen molar-refractivity contribution in [3.05, 3.63) is 337 Å². The lowest BCUT2D eigenvalue weighted by Gasteiger charge is -2.22. The molecule has 0 N–H and O–H groups in total. The van der Waals surface area contributed by atoms with E-state index in [9.17, 15) is 10.5 Å². The Bertz CT molecular complexity index is 8820. The molecule has 570 valence electrons. The number of alkyl halides is 6. The first-order valence-corrected chi connectivity index (χ1v) is 39.7. The molecule has 0 saturated carbocycles. The molecular formula is C104H62F6N10. The number of aromatic nitrogens is 8. The van der Waals surface area contributed by atoms with E-state index in [0.717, 1.165) is 147 Å². The molecule has 0 spiro atoms. The lowest BCUT2D eigenvalue weighted by Crippen LogP contribution is -2.13. The number of fused-ring (bicyclic) bond motifs is 28. The van der Waals surface area contributed by atoms with Gasteiger partial charge in [-0.25, -0.2) is 0 Å². The first kappa shape index (κ1) is 68.8. The van der Waals surface area contributed by atoms with Gasteiger partial charge < -0.3 is 36.5 Å². The van der Waals surface area contributed by atoms with Crippen LogP contribution >= 0.6 is 0 Å². The second-order valence-electron chi connectivity index (χ2n) is 31.7. The van der Waals surface area contributed by atoms with Gasteiger partial charge in [0.2, 0.25) is 0 Å². The predicted molar refractivity (Wildman–Crippen MR) is 475 cm³/mol. The molecule has 0 aliphatic heterocycles. The van der Waals surface area contributed by atoms with Crippen LogP contribution in [0.4, 0.5) is 26.3 Å². The zero-order valence-electron chi connectivity index (χ0n) is 64.4. The predicted octanol–water partition coefficient (Wildman–Crippen LogP) is 27.3. The van der Waals surface area contributed by atoms with Gasteiger partial charge in [-0.3, -0.25) is 0 Å². The first-order valence-electron chi connectivity index (χ1n) is 39.7. The Morgan fingerprint density at radius 1 is 0.258 bits per heavy atom. The van der Waals surface area contributed by atoms with Gasteiger partial charge in [-0.05, 0) is 132 Å². The van der Waals surface area contributed by atoms with Gasteiger partial charge in [0.15, 0.2) is 0 Å². The molecule has 0 fully saturated rings. The quantitative estimate of drug-likeness (QED) is 0.142. The number of rotatable bonds is 8. The highest BCUT2D eigenvalue weighted by atomic mass is 19.4. The largest absolute Gasteiger partial charge is 0.418 e. The number of aryl methyl sites for hydroxylation is 3. The first-order chi connectivity index (χ1) is 58.5. The SMILES string of the molecule is Cn1c2ccccc2c2c1ccc1c3ccccc3n(-c3cc(C(F)(F)F)c(-n4c5ccccc5c5ccc6c(c7ccccc7n6Cc6ccc7c(c6)c6ccc8c9ccccc9n(-c9cc(-c%10cccc(C#N)c%10)c(-n%10c%11ccccc%11c%11ccc%12c%13ccccc%13n(C)c%12c%11%10)cc9C(F)(F)F)c8c6n7C)c54)cc3-c3cccc(C#N)c3)c12.